The van der Waals surface area contributed by atoms with Crippen molar-refractivity contribution in [2.24, 2.45) is 4.76 Å². The molecular weight excluding hydrogens is 329 g/mol. The predicted molar refractivity (Wildman–Crippen MR) is 104 cm³/mol. The van der Waals surface area contributed by atoms with Crippen molar-refractivity contribution in [3.05, 3.63) is 96.1 Å². The van der Waals surface area contributed by atoms with E-state index in [-0.39, 0.29) is 5.78 Å². The maximum Gasteiger partial charge on any atom is 0.247 e. The molecule has 0 bridgehead atoms. The van der Waals surface area contributed by atoms with Crippen LogP contribution in [-0.4, -0.2) is 12.0 Å². The molecule has 0 aliphatic rings. The van der Waals surface area contributed by atoms with Crippen LogP contribution in [0.15, 0.2) is 89.7 Å². The summed E-state index contributed by atoms with van der Waals surface area (Å²) in [4.78, 5) is 11.4. The van der Waals surface area contributed by atoms with Gasteiger partial charge in [-0.05, 0) is 36.8 Å². The molecule has 25 heavy (non-hydrogen) atoms. The topological polar surface area (TPSA) is 46.5 Å². The zero-order valence-electron chi connectivity index (χ0n) is 13.9. The lowest BCUT2D eigenvalue weighted by Gasteiger charge is -2.14. The van der Waals surface area contributed by atoms with E-state index < -0.39 is 7.29 Å². The van der Waals surface area contributed by atoms with Crippen molar-refractivity contribution in [1.29, 1.82) is 0 Å². The van der Waals surface area contributed by atoms with Gasteiger partial charge in [0.15, 0.2) is 5.78 Å². The molecule has 0 amide bonds. The Labute approximate surface area is 147 Å². The molecule has 0 saturated carbocycles. The van der Waals surface area contributed by atoms with Crippen molar-refractivity contribution in [2.75, 3.05) is 0 Å². The quantitative estimate of drug-likeness (QED) is 0.394. The van der Waals surface area contributed by atoms with Crippen molar-refractivity contribution in [1.82, 2.24) is 0 Å². The molecule has 4 heteroatoms. The van der Waals surface area contributed by atoms with Gasteiger partial charge in [-0.3, -0.25) is 9.36 Å². The van der Waals surface area contributed by atoms with Crippen LogP contribution in [0.25, 0.3) is 0 Å². The number of nitrogens with zero attached hydrogens (tertiary/aromatic N) is 1. The number of ketones is 1. The average Bonchev–Trinajstić information content (AvgIpc) is 2.68. The predicted octanol–water partition coefficient (Wildman–Crippen LogP) is 4.24. The summed E-state index contributed by atoms with van der Waals surface area (Å²) in [5.74, 6) is 0.0164. The summed E-state index contributed by atoms with van der Waals surface area (Å²) in [6.45, 7) is 1.53. The summed E-state index contributed by atoms with van der Waals surface area (Å²) < 4.78 is 18.2. The standard InChI is InChI=1S/C21H18NO2P/c1-17(23)19-14-12-18(13-15-19)16-22-25(24,20-8-4-2-5-9-20)21-10-6-3-7-11-21/h2-16H,1H3/b22-16+. The fraction of sp³-hybridized carbons (Fsp3) is 0.0476. The summed E-state index contributed by atoms with van der Waals surface area (Å²) in [6, 6.07) is 25.7. The van der Waals surface area contributed by atoms with E-state index >= 15 is 0 Å². The summed E-state index contributed by atoms with van der Waals surface area (Å²) in [5.41, 5.74) is 1.45. The first kappa shape index (κ1) is 17.1. The zero-order chi connectivity index (χ0) is 17.7. The Morgan fingerprint density at radius 2 is 1.28 bits per heavy atom. The summed E-state index contributed by atoms with van der Waals surface area (Å²) in [6.07, 6.45) is 1.62. The Balaban J connectivity index is 2.01. The number of benzene rings is 3. The van der Waals surface area contributed by atoms with Crippen molar-refractivity contribution in [3.63, 3.8) is 0 Å². The first-order valence-corrected chi connectivity index (χ1v) is 9.63. The molecule has 3 aromatic carbocycles. The van der Waals surface area contributed by atoms with Gasteiger partial charge >= 0.3 is 0 Å². The molecule has 3 aromatic rings. The second-order valence-electron chi connectivity index (χ2n) is 5.67. The fourth-order valence-corrected chi connectivity index (χ4v) is 4.51. The largest absolute Gasteiger partial charge is 0.295 e. The van der Waals surface area contributed by atoms with E-state index in [0.717, 1.165) is 5.56 Å². The van der Waals surface area contributed by atoms with Gasteiger partial charge in [-0.25, -0.2) is 4.76 Å². The fourth-order valence-electron chi connectivity index (χ4n) is 2.49. The average molecular weight is 347 g/mol. The maximum absolute atomic E-state index is 13.7. The van der Waals surface area contributed by atoms with Crippen molar-refractivity contribution >= 4 is 29.9 Å². The van der Waals surface area contributed by atoms with E-state index in [9.17, 15) is 9.36 Å². The molecule has 0 aromatic heterocycles. The monoisotopic (exact) mass is 347 g/mol. The van der Waals surface area contributed by atoms with Crippen LogP contribution in [0.2, 0.25) is 0 Å². The number of hydrogen-bond donors (Lipinski definition) is 0. The van der Waals surface area contributed by atoms with Crippen LogP contribution in [0.4, 0.5) is 0 Å². The van der Waals surface area contributed by atoms with Gasteiger partial charge in [0.05, 0.1) is 0 Å². The van der Waals surface area contributed by atoms with Crippen LogP contribution in [0, 0.1) is 0 Å². The highest BCUT2D eigenvalue weighted by Crippen LogP contribution is 2.44. The van der Waals surface area contributed by atoms with E-state index in [0.29, 0.717) is 16.2 Å². The molecule has 124 valence electrons. The molecule has 3 nitrogen and oxygen atoms in total. The van der Waals surface area contributed by atoms with E-state index in [1.165, 1.54) is 6.92 Å². The highest BCUT2D eigenvalue weighted by molar-refractivity contribution is 7.77. The first-order chi connectivity index (χ1) is 12.1. The number of hydrogen-bond acceptors (Lipinski definition) is 2. The normalized spacial score (nSPS) is 11.6. The maximum atomic E-state index is 13.7. The molecule has 0 aliphatic carbocycles. The minimum Gasteiger partial charge on any atom is -0.295 e. The molecule has 0 heterocycles. The molecule has 0 spiro atoms. The van der Waals surface area contributed by atoms with Crippen LogP contribution >= 0.6 is 7.29 Å². The van der Waals surface area contributed by atoms with Gasteiger partial charge < -0.3 is 0 Å². The third-order valence-corrected chi connectivity index (χ3v) is 6.34. The summed E-state index contributed by atoms with van der Waals surface area (Å²) in [5, 5.41) is 1.38. The van der Waals surface area contributed by atoms with Crippen LogP contribution in [0.3, 0.4) is 0 Å². The van der Waals surface area contributed by atoms with Crippen LogP contribution in [-0.2, 0) is 4.57 Å². The molecule has 0 fully saturated rings. The van der Waals surface area contributed by atoms with Crippen LogP contribution in [0.1, 0.15) is 22.8 Å². The Hall–Kier alpha value is -2.77. The zero-order valence-corrected chi connectivity index (χ0v) is 14.8. The highest BCUT2D eigenvalue weighted by Gasteiger charge is 2.25. The lowest BCUT2D eigenvalue weighted by Crippen LogP contribution is -2.14. The van der Waals surface area contributed by atoms with Crippen molar-refractivity contribution < 1.29 is 9.36 Å². The number of Topliss-reactive ketones (excluding diaryl/α,β-unsaturated/α-hetero) is 1. The molecule has 0 unspecified atom stereocenters. The Morgan fingerprint density at radius 3 is 1.72 bits per heavy atom. The van der Waals surface area contributed by atoms with E-state index in [2.05, 4.69) is 4.76 Å². The molecule has 0 radical (unpaired) electrons. The van der Waals surface area contributed by atoms with Crippen LogP contribution in [0.5, 0.6) is 0 Å². The minimum absolute atomic E-state index is 0.0164. The van der Waals surface area contributed by atoms with E-state index in [4.69, 9.17) is 0 Å². The first-order valence-electron chi connectivity index (χ1n) is 7.97. The van der Waals surface area contributed by atoms with Gasteiger partial charge in [0.2, 0.25) is 7.29 Å². The SMILES string of the molecule is CC(=O)c1ccc(/C=N/P(=O)(c2ccccc2)c2ccccc2)cc1. The number of carbonyl (C=O) groups is 1. The second-order valence-corrected chi connectivity index (χ2v) is 8.09. The third kappa shape index (κ3) is 3.84. The molecule has 0 aliphatic heterocycles. The van der Waals surface area contributed by atoms with Gasteiger partial charge in [-0.2, -0.15) is 0 Å². The summed E-state index contributed by atoms with van der Waals surface area (Å²) >= 11 is 0. The van der Waals surface area contributed by atoms with Gasteiger partial charge in [0.1, 0.15) is 0 Å². The number of rotatable bonds is 5. The lowest BCUT2D eigenvalue weighted by molar-refractivity contribution is 0.101. The smallest absolute Gasteiger partial charge is 0.247 e. The summed E-state index contributed by atoms with van der Waals surface area (Å²) in [7, 11) is -3.12. The molecule has 0 saturated heterocycles. The van der Waals surface area contributed by atoms with Gasteiger partial charge in [0, 0.05) is 22.4 Å². The van der Waals surface area contributed by atoms with Crippen molar-refractivity contribution in [3.8, 4) is 0 Å². The van der Waals surface area contributed by atoms with Crippen LogP contribution < -0.4 is 10.6 Å². The van der Waals surface area contributed by atoms with E-state index in [1.807, 2.05) is 60.7 Å². The lowest BCUT2D eigenvalue weighted by atomic mass is 10.1. The van der Waals surface area contributed by atoms with E-state index in [1.54, 1.807) is 30.5 Å². The third-order valence-electron chi connectivity index (χ3n) is 3.90. The van der Waals surface area contributed by atoms with Gasteiger partial charge in [-0.1, -0.05) is 60.7 Å². The second kappa shape index (κ2) is 7.42. The Bertz CT molecular complexity index is 889. The Morgan fingerprint density at radius 1 is 0.800 bits per heavy atom. The minimum atomic E-state index is -3.12. The van der Waals surface area contributed by atoms with Gasteiger partial charge in [0.25, 0.3) is 0 Å². The molecule has 0 N–H and O–H groups in total. The van der Waals surface area contributed by atoms with Gasteiger partial charge in [-0.15, -0.1) is 0 Å². The van der Waals surface area contributed by atoms with Crippen molar-refractivity contribution in [2.45, 2.75) is 6.92 Å². The molecular formula is C21H18NO2P. The molecule has 3 rings (SSSR count). The number of carbonyl (C=O) groups excluding carboxylic acids is 1. The highest BCUT2D eigenvalue weighted by atomic mass is 31.2. The molecule has 0 atom stereocenters. The Kier molecular flexibility index (Phi) is 5.06.